The van der Waals surface area contributed by atoms with Crippen LogP contribution < -0.4 is 4.90 Å². The maximum Gasteiger partial charge on any atom is 0.0456 e. The van der Waals surface area contributed by atoms with Gasteiger partial charge in [-0.3, -0.25) is 0 Å². The van der Waals surface area contributed by atoms with E-state index in [1.54, 1.807) is 0 Å². The van der Waals surface area contributed by atoms with Crippen LogP contribution in [0.3, 0.4) is 0 Å². The van der Waals surface area contributed by atoms with Gasteiger partial charge in [0.1, 0.15) is 0 Å². The summed E-state index contributed by atoms with van der Waals surface area (Å²) < 4.78 is 0. The number of para-hydroxylation sites is 1. The zero-order chi connectivity index (χ0) is 30.8. The molecule has 6 aromatic rings. The number of rotatable bonds is 9. The largest absolute Gasteiger partial charge is 0.317 e. The third-order valence-corrected chi connectivity index (χ3v) is 8.00. The maximum atomic E-state index is 6.25. The Morgan fingerprint density at radius 3 is 1.33 bits per heavy atom. The minimum atomic E-state index is 0.701. The lowest BCUT2D eigenvalue weighted by Gasteiger charge is -2.23. The number of hydrogen-bond acceptors (Lipinski definition) is 1. The number of hydrogen-bond donors (Lipinski definition) is 0. The summed E-state index contributed by atoms with van der Waals surface area (Å²) in [5, 5.41) is 1.40. The fourth-order valence-electron chi connectivity index (χ4n) is 5.19. The van der Waals surface area contributed by atoms with Crippen LogP contribution in [-0.2, 0) is 0 Å². The van der Waals surface area contributed by atoms with Gasteiger partial charge in [-0.15, -0.1) is 0 Å². The second-order valence-electron chi connectivity index (χ2n) is 10.5. The molecule has 45 heavy (non-hydrogen) atoms. The number of anilines is 2. The molecule has 0 heterocycles. The average molecular weight is 621 g/mol. The molecule has 0 aliphatic rings. The molecular formula is C42H31Cl2N. The summed E-state index contributed by atoms with van der Waals surface area (Å²) in [7, 11) is 0. The lowest BCUT2D eigenvalue weighted by molar-refractivity contribution is 1.28. The molecule has 6 aromatic carbocycles. The van der Waals surface area contributed by atoms with Crippen LogP contribution in [0.15, 0.2) is 182 Å². The van der Waals surface area contributed by atoms with E-state index < -0.39 is 0 Å². The van der Waals surface area contributed by atoms with Crippen molar-refractivity contribution in [2.45, 2.75) is 0 Å². The Hall–Kier alpha value is -5.08. The van der Waals surface area contributed by atoms with Gasteiger partial charge >= 0.3 is 0 Å². The molecule has 0 amide bonds. The van der Waals surface area contributed by atoms with Crippen molar-refractivity contribution in [1.82, 2.24) is 0 Å². The van der Waals surface area contributed by atoms with Crippen LogP contribution in [-0.4, -0.2) is 0 Å². The van der Waals surface area contributed by atoms with Gasteiger partial charge in [0.15, 0.2) is 0 Å². The molecule has 0 fully saturated rings. The molecule has 218 valence electrons. The molecule has 0 aliphatic heterocycles. The van der Waals surface area contributed by atoms with Crippen LogP contribution >= 0.6 is 23.2 Å². The van der Waals surface area contributed by atoms with Gasteiger partial charge in [0.2, 0.25) is 0 Å². The molecular weight excluding hydrogens is 589 g/mol. The Morgan fingerprint density at radius 2 is 0.844 bits per heavy atom. The SMILES string of the molecule is Clc1ccc(C(=CN(c2ccccc2)c2ccc(/C=C/C=C(c3ccccc3)c3ccccc3)cc2)c2ccc(Cl)cc2)cc1. The first kappa shape index (κ1) is 30.0. The smallest absolute Gasteiger partial charge is 0.0456 e. The number of benzene rings is 6. The van der Waals surface area contributed by atoms with Gasteiger partial charge in [0.25, 0.3) is 0 Å². The first-order valence-corrected chi connectivity index (χ1v) is 15.6. The molecule has 6 rings (SSSR count). The first-order chi connectivity index (χ1) is 22.1. The van der Waals surface area contributed by atoms with Crippen molar-refractivity contribution < 1.29 is 0 Å². The molecule has 0 saturated heterocycles. The first-order valence-electron chi connectivity index (χ1n) is 14.8. The van der Waals surface area contributed by atoms with Crippen molar-refractivity contribution >= 4 is 51.8 Å². The van der Waals surface area contributed by atoms with Gasteiger partial charge in [-0.1, -0.05) is 157 Å². The normalized spacial score (nSPS) is 10.8. The summed E-state index contributed by atoms with van der Waals surface area (Å²) in [5.41, 5.74) is 9.93. The van der Waals surface area contributed by atoms with Crippen LogP contribution in [0.2, 0.25) is 10.0 Å². The van der Waals surface area contributed by atoms with Crippen LogP contribution in [0.4, 0.5) is 11.4 Å². The molecule has 0 radical (unpaired) electrons. The number of allylic oxidation sites excluding steroid dienone is 2. The minimum absolute atomic E-state index is 0.701. The van der Waals surface area contributed by atoms with E-state index in [1.165, 1.54) is 16.7 Å². The standard InChI is InChI=1S/C42H31Cl2N/c43-37-25-21-35(22-26-37)42(36-23-27-38(44)28-24-36)31-45(39-16-8-3-9-17-39)40-29-19-32(20-30-40)11-10-18-41(33-12-4-1-5-13-33)34-14-6-2-7-15-34/h1-31H/b11-10+. The van der Waals surface area contributed by atoms with Gasteiger partial charge in [0, 0.05) is 33.2 Å². The van der Waals surface area contributed by atoms with Crippen LogP contribution in [0.1, 0.15) is 27.8 Å². The van der Waals surface area contributed by atoms with E-state index in [0.717, 1.165) is 33.6 Å². The van der Waals surface area contributed by atoms with E-state index in [-0.39, 0.29) is 0 Å². The Bertz CT molecular complexity index is 1820. The Morgan fingerprint density at radius 1 is 0.422 bits per heavy atom. The summed E-state index contributed by atoms with van der Waals surface area (Å²) in [5.74, 6) is 0. The van der Waals surface area contributed by atoms with E-state index >= 15 is 0 Å². The van der Waals surface area contributed by atoms with Gasteiger partial charge < -0.3 is 4.90 Å². The highest BCUT2D eigenvalue weighted by molar-refractivity contribution is 6.31. The Balaban J connectivity index is 1.35. The molecule has 0 unspecified atom stereocenters. The second-order valence-corrected chi connectivity index (χ2v) is 11.4. The molecule has 0 bridgehead atoms. The Kier molecular flexibility index (Phi) is 9.72. The maximum absolute atomic E-state index is 6.25. The molecule has 0 aliphatic carbocycles. The third-order valence-electron chi connectivity index (χ3n) is 7.50. The summed E-state index contributed by atoms with van der Waals surface area (Å²) in [4.78, 5) is 2.22. The van der Waals surface area contributed by atoms with Crippen molar-refractivity contribution in [2.24, 2.45) is 0 Å². The average Bonchev–Trinajstić information content (AvgIpc) is 3.10. The van der Waals surface area contributed by atoms with Crippen molar-refractivity contribution in [3.8, 4) is 0 Å². The number of halogens is 2. The molecule has 1 nitrogen and oxygen atoms in total. The van der Waals surface area contributed by atoms with Gasteiger partial charge in [-0.25, -0.2) is 0 Å². The molecule has 3 heteroatoms. The quantitative estimate of drug-likeness (QED) is 0.145. The fourth-order valence-corrected chi connectivity index (χ4v) is 5.44. The zero-order valence-electron chi connectivity index (χ0n) is 24.6. The summed E-state index contributed by atoms with van der Waals surface area (Å²) >= 11 is 12.5. The highest BCUT2D eigenvalue weighted by Crippen LogP contribution is 2.33. The summed E-state index contributed by atoms with van der Waals surface area (Å²) in [6.07, 6.45) is 8.63. The predicted molar refractivity (Wildman–Crippen MR) is 194 cm³/mol. The lowest BCUT2D eigenvalue weighted by Crippen LogP contribution is -2.10. The van der Waals surface area contributed by atoms with Gasteiger partial charge in [0.05, 0.1) is 0 Å². The number of nitrogens with zero attached hydrogens (tertiary/aromatic N) is 1. The van der Waals surface area contributed by atoms with E-state index in [4.69, 9.17) is 23.2 Å². The monoisotopic (exact) mass is 619 g/mol. The highest BCUT2D eigenvalue weighted by Gasteiger charge is 2.12. The predicted octanol–water partition coefficient (Wildman–Crippen LogP) is 12.4. The zero-order valence-corrected chi connectivity index (χ0v) is 26.1. The molecule has 0 saturated carbocycles. The van der Waals surface area contributed by atoms with Gasteiger partial charge in [-0.2, -0.15) is 0 Å². The van der Waals surface area contributed by atoms with Crippen molar-refractivity contribution in [1.29, 1.82) is 0 Å². The molecule has 0 aromatic heterocycles. The molecule has 0 atom stereocenters. The van der Waals surface area contributed by atoms with E-state index in [9.17, 15) is 0 Å². The fraction of sp³-hybridized carbons (Fsp3) is 0. The van der Waals surface area contributed by atoms with Crippen molar-refractivity contribution in [3.63, 3.8) is 0 Å². The van der Waals surface area contributed by atoms with Gasteiger partial charge in [-0.05, 0) is 81.9 Å². The lowest BCUT2D eigenvalue weighted by atomic mass is 9.97. The van der Waals surface area contributed by atoms with E-state index in [1.807, 2.05) is 66.7 Å². The third kappa shape index (κ3) is 7.72. The summed E-state index contributed by atoms with van der Waals surface area (Å²) in [6, 6.07) is 55.9. The molecule has 0 spiro atoms. The van der Waals surface area contributed by atoms with Crippen molar-refractivity contribution in [2.75, 3.05) is 4.90 Å². The highest BCUT2D eigenvalue weighted by atomic mass is 35.5. The Labute approximate surface area is 275 Å². The van der Waals surface area contributed by atoms with E-state index in [0.29, 0.717) is 10.0 Å². The molecule has 0 N–H and O–H groups in total. The van der Waals surface area contributed by atoms with E-state index in [2.05, 4.69) is 126 Å². The van der Waals surface area contributed by atoms with Crippen LogP contribution in [0.25, 0.3) is 17.2 Å². The minimum Gasteiger partial charge on any atom is -0.317 e. The summed E-state index contributed by atoms with van der Waals surface area (Å²) in [6.45, 7) is 0. The van der Waals surface area contributed by atoms with Crippen LogP contribution in [0, 0.1) is 0 Å². The van der Waals surface area contributed by atoms with Crippen molar-refractivity contribution in [3.05, 3.63) is 220 Å². The van der Waals surface area contributed by atoms with Crippen LogP contribution in [0.5, 0.6) is 0 Å². The second kappa shape index (κ2) is 14.6. The topological polar surface area (TPSA) is 3.24 Å².